The summed E-state index contributed by atoms with van der Waals surface area (Å²) in [7, 11) is 1.64. The predicted octanol–water partition coefficient (Wildman–Crippen LogP) is 5.75. The van der Waals surface area contributed by atoms with Gasteiger partial charge in [0.1, 0.15) is 11.6 Å². The summed E-state index contributed by atoms with van der Waals surface area (Å²) < 4.78 is 5.31. The molecule has 1 saturated heterocycles. The first-order valence-corrected chi connectivity index (χ1v) is 11.1. The summed E-state index contributed by atoms with van der Waals surface area (Å²) in [6.45, 7) is 6.76. The number of aryl methyl sites for hydroxylation is 1. The number of H-pyrrole nitrogens is 1. The van der Waals surface area contributed by atoms with Crippen LogP contribution in [0.3, 0.4) is 0 Å². The monoisotopic (exact) mass is 429 g/mol. The van der Waals surface area contributed by atoms with E-state index in [0.717, 1.165) is 44.2 Å². The molecule has 6 heteroatoms. The molecule has 1 fully saturated rings. The van der Waals surface area contributed by atoms with Gasteiger partial charge in [0.2, 0.25) is 0 Å². The van der Waals surface area contributed by atoms with E-state index in [9.17, 15) is 4.79 Å². The van der Waals surface area contributed by atoms with Gasteiger partial charge in [-0.05, 0) is 42.5 Å². The van der Waals surface area contributed by atoms with Crippen molar-refractivity contribution in [2.75, 3.05) is 13.7 Å². The lowest BCUT2D eigenvalue weighted by atomic mass is 10.1. The largest absolute Gasteiger partial charge is 0.497 e. The number of benzene rings is 2. The number of imidazole rings is 1. The molecule has 2 aromatic heterocycles. The number of aromatic nitrogens is 2. The van der Waals surface area contributed by atoms with E-state index in [-0.39, 0.29) is 11.9 Å². The Hall–Kier alpha value is -3.38. The molecule has 2 aromatic carbocycles. The summed E-state index contributed by atoms with van der Waals surface area (Å²) in [6, 6.07) is 15.8. The summed E-state index contributed by atoms with van der Waals surface area (Å²) in [5, 5.41) is 1.98. The van der Waals surface area contributed by atoms with Crippen molar-refractivity contribution in [2.24, 2.45) is 0 Å². The third kappa shape index (κ3) is 3.53. The lowest BCUT2D eigenvalue weighted by Gasteiger charge is -2.23. The Morgan fingerprint density at radius 2 is 2.13 bits per heavy atom. The Balaban J connectivity index is 1.51. The van der Waals surface area contributed by atoms with Crippen molar-refractivity contribution in [1.29, 1.82) is 0 Å². The van der Waals surface area contributed by atoms with Crippen LogP contribution in [0.5, 0.6) is 5.75 Å². The second-order valence-corrected chi connectivity index (χ2v) is 8.86. The molecular weight excluding hydrogens is 406 g/mol. The highest BCUT2D eigenvalue weighted by atomic mass is 32.1. The number of fused-ring (bicyclic) bond motifs is 1. The highest BCUT2D eigenvalue weighted by Gasteiger charge is 2.35. The molecule has 5 nitrogen and oxygen atoms in total. The van der Waals surface area contributed by atoms with E-state index in [2.05, 4.69) is 36.7 Å². The first kappa shape index (κ1) is 19.6. The maximum Gasteiger partial charge on any atom is 0.256 e. The van der Waals surface area contributed by atoms with Gasteiger partial charge in [-0.15, -0.1) is 11.3 Å². The number of rotatable bonds is 4. The van der Waals surface area contributed by atoms with Crippen LogP contribution in [0.1, 0.15) is 34.2 Å². The highest BCUT2D eigenvalue weighted by Crippen LogP contribution is 2.38. The second-order valence-electron chi connectivity index (χ2n) is 7.94. The third-order valence-corrected chi connectivity index (χ3v) is 6.68. The third-order valence-electron chi connectivity index (χ3n) is 5.71. The maximum absolute atomic E-state index is 13.7. The fraction of sp³-hybridized carbons (Fsp3) is 0.200. The van der Waals surface area contributed by atoms with Gasteiger partial charge in [0.25, 0.3) is 5.91 Å². The maximum atomic E-state index is 13.7. The fourth-order valence-corrected chi connectivity index (χ4v) is 5.07. The highest BCUT2D eigenvalue weighted by molar-refractivity contribution is 7.14. The van der Waals surface area contributed by atoms with Gasteiger partial charge in [-0.2, -0.15) is 0 Å². The number of ether oxygens (including phenoxy) is 1. The fourth-order valence-electron chi connectivity index (χ4n) is 4.19. The van der Waals surface area contributed by atoms with Gasteiger partial charge in [0.15, 0.2) is 0 Å². The van der Waals surface area contributed by atoms with Crippen LogP contribution in [0.25, 0.3) is 21.5 Å². The minimum atomic E-state index is -0.163. The average Bonchev–Trinajstić information content (AvgIpc) is 3.50. The van der Waals surface area contributed by atoms with Crippen LogP contribution in [0.2, 0.25) is 0 Å². The lowest BCUT2D eigenvalue weighted by molar-refractivity contribution is 0.0734. The van der Waals surface area contributed by atoms with E-state index in [1.165, 1.54) is 5.56 Å². The van der Waals surface area contributed by atoms with Gasteiger partial charge in [0.05, 0.1) is 29.7 Å². The summed E-state index contributed by atoms with van der Waals surface area (Å²) in [6.07, 6.45) is 0.701. The summed E-state index contributed by atoms with van der Waals surface area (Å²) in [5.41, 5.74) is 5.77. The molecule has 1 amide bonds. The van der Waals surface area contributed by atoms with Gasteiger partial charge in [-0.25, -0.2) is 4.98 Å². The minimum absolute atomic E-state index is 0.0134. The minimum Gasteiger partial charge on any atom is -0.497 e. The summed E-state index contributed by atoms with van der Waals surface area (Å²) in [5.74, 6) is 1.55. The number of nitrogens with zero attached hydrogens (tertiary/aromatic N) is 2. The number of carbonyl (C=O) groups excluding carboxylic acids is 1. The van der Waals surface area contributed by atoms with Crippen molar-refractivity contribution in [3.05, 3.63) is 83.0 Å². The van der Waals surface area contributed by atoms with Crippen LogP contribution in [0, 0.1) is 6.92 Å². The second kappa shape index (κ2) is 7.71. The molecule has 31 heavy (non-hydrogen) atoms. The molecule has 0 radical (unpaired) electrons. The van der Waals surface area contributed by atoms with Crippen molar-refractivity contribution in [3.63, 3.8) is 0 Å². The van der Waals surface area contributed by atoms with Crippen molar-refractivity contribution in [2.45, 2.75) is 19.4 Å². The molecule has 1 aliphatic heterocycles. The molecule has 3 heterocycles. The first-order chi connectivity index (χ1) is 15.0. The average molecular weight is 430 g/mol. The Bertz CT molecular complexity index is 1300. The molecule has 1 atom stereocenters. The number of aromatic amines is 1. The number of likely N-dealkylation sites (tertiary alicyclic amines) is 1. The molecule has 0 spiro atoms. The molecule has 0 aliphatic carbocycles. The zero-order valence-corrected chi connectivity index (χ0v) is 18.3. The van der Waals surface area contributed by atoms with Crippen molar-refractivity contribution < 1.29 is 9.53 Å². The number of nitrogens with one attached hydrogen (secondary N) is 1. The Labute approximate surface area is 185 Å². The number of carbonyl (C=O) groups is 1. The first-order valence-electron chi connectivity index (χ1n) is 10.2. The zero-order valence-electron chi connectivity index (χ0n) is 17.5. The standard InChI is InChI=1S/C25H23N3O2S/c1-15-5-4-6-17(11-15)23-19(9-10-31-23)25(29)28-14-16(2)12-22(28)24-26-20-8-7-18(30-3)13-21(20)27-24/h4-11,13,22H,2,12,14H2,1,3H3,(H,26,27). The van der Waals surface area contributed by atoms with Crippen molar-refractivity contribution in [3.8, 4) is 16.2 Å². The van der Waals surface area contributed by atoms with Crippen LogP contribution in [0.4, 0.5) is 0 Å². The van der Waals surface area contributed by atoms with Gasteiger partial charge in [-0.3, -0.25) is 4.79 Å². The van der Waals surface area contributed by atoms with E-state index in [1.807, 2.05) is 40.6 Å². The van der Waals surface area contributed by atoms with Crippen LogP contribution >= 0.6 is 11.3 Å². The Kier molecular flexibility index (Phi) is 4.87. The molecule has 1 unspecified atom stereocenters. The van der Waals surface area contributed by atoms with Gasteiger partial charge < -0.3 is 14.6 Å². The van der Waals surface area contributed by atoms with Gasteiger partial charge >= 0.3 is 0 Å². The van der Waals surface area contributed by atoms with E-state index < -0.39 is 0 Å². The topological polar surface area (TPSA) is 58.2 Å². The number of methoxy groups -OCH3 is 1. The number of hydrogen-bond acceptors (Lipinski definition) is 4. The Morgan fingerprint density at radius 3 is 2.94 bits per heavy atom. The number of hydrogen-bond donors (Lipinski definition) is 1. The van der Waals surface area contributed by atoms with Crippen LogP contribution < -0.4 is 4.74 Å². The quantitative estimate of drug-likeness (QED) is 0.420. The van der Waals surface area contributed by atoms with Crippen LogP contribution in [-0.2, 0) is 0 Å². The van der Waals surface area contributed by atoms with Gasteiger partial charge in [-0.1, -0.05) is 42.0 Å². The molecule has 5 rings (SSSR count). The smallest absolute Gasteiger partial charge is 0.256 e. The van der Waals surface area contributed by atoms with Crippen molar-refractivity contribution in [1.82, 2.24) is 14.9 Å². The molecule has 0 saturated carbocycles. The van der Waals surface area contributed by atoms with Gasteiger partial charge in [0, 0.05) is 17.5 Å². The van der Waals surface area contributed by atoms with Crippen LogP contribution in [-0.4, -0.2) is 34.4 Å². The Morgan fingerprint density at radius 1 is 1.26 bits per heavy atom. The molecule has 1 N–H and O–H groups in total. The van der Waals surface area contributed by atoms with Crippen molar-refractivity contribution >= 4 is 28.3 Å². The number of amides is 1. The zero-order chi connectivity index (χ0) is 21.5. The summed E-state index contributed by atoms with van der Waals surface area (Å²) >= 11 is 1.60. The van der Waals surface area contributed by atoms with E-state index >= 15 is 0 Å². The molecule has 0 bridgehead atoms. The van der Waals surface area contributed by atoms with E-state index in [1.54, 1.807) is 18.4 Å². The SMILES string of the molecule is C=C1CC(c2nc3cc(OC)ccc3[nH]2)N(C(=O)c2ccsc2-c2cccc(C)c2)C1. The molecular formula is C25H23N3O2S. The predicted molar refractivity (Wildman–Crippen MR) is 125 cm³/mol. The summed E-state index contributed by atoms with van der Waals surface area (Å²) in [4.78, 5) is 24.7. The normalized spacial score (nSPS) is 16.3. The van der Waals surface area contributed by atoms with E-state index in [4.69, 9.17) is 9.72 Å². The molecule has 156 valence electrons. The lowest BCUT2D eigenvalue weighted by Crippen LogP contribution is -2.31. The number of thiophene rings is 1. The molecule has 4 aromatic rings. The van der Waals surface area contributed by atoms with Crippen LogP contribution in [0.15, 0.2) is 66.1 Å². The van der Waals surface area contributed by atoms with E-state index in [0.29, 0.717) is 13.0 Å². The molecule has 1 aliphatic rings.